The van der Waals surface area contributed by atoms with Gasteiger partial charge < -0.3 is 14.8 Å². The lowest BCUT2D eigenvalue weighted by Gasteiger charge is -2.12. The highest BCUT2D eigenvalue weighted by molar-refractivity contribution is 5.44. The van der Waals surface area contributed by atoms with E-state index in [1.165, 1.54) is 16.8 Å². The summed E-state index contributed by atoms with van der Waals surface area (Å²) in [6.45, 7) is 1.44. The molecule has 4 rings (SSSR count). The Hall–Kier alpha value is -3.78. The molecule has 0 aliphatic heterocycles. The topological polar surface area (TPSA) is 74.1 Å². The van der Waals surface area contributed by atoms with Crippen molar-refractivity contribution in [2.75, 3.05) is 13.7 Å². The Morgan fingerprint density at radius 1 is 0.935 bits per heavy atom. The van der Waals surface area contributed by atoms with Crippen LogP contribution in [0.5, 0.6) is 17.5 Å². The first-order valence-electron chi connectivity index (χ1n) is 9.86. The van der Waals surface area contributed by atoms with Crippen LogP contribution in [0, 0.1) is 5.82 Å². The zero-order valence-electron chi connectivity index (χ0n) is 17.0. The van der Waals surface area contributed by atoms with E-state index in [0.29, 0.717) is 18.0 Å². The molecule has 31 heavy (non-hydrogen) atoms. The van der Waals surface area contributed by atoms with E-state index in [1.54, 1.807) is 19.2 Å². The third-order valence-corrected chi connectivity index (χ3v) is 4.70. The molecular formula is C23H22FN5O2. The van der Waals surface area contributed by atoms with E-state index in [4.69, 9.17) is 9.47 Å². The first-order chi connectivity index (χ1) is 15.2. The second-order valence-electron chi connectivity index (χ2n) is 6.85. The van der Waals surface area contributed by atoms with Crippen LogP contribution in [0.3, 0.4) is 0 Å². The molecule has 1 aromatic heterocycles. The SMILES string of the molecule is COc1cc(CNCCc2ccc(F)cc2)ccc1Oc1nnnn1-c1ccccc1. The number of aromatic nitrogens is 4. The second kappa shape index (κ2) is 9.82. The summed E-state index contributed by atoms with van der Waals surface area (Å²) >= 11 is 0. The van der Waals surface area contributed by atoms with Gasteiger partial charge in [-0.3, -0.25) is 0 Å². The zero-order valence-corrected chi connectivity index (χ0v) is 17.0. The van der Waals surface area contributed by atoms with E-state index in [1.807, 2.05) is 48.5 Å². The summed E-state index contributed by atoms with van der Waals surface area (Å²) in [7, 11) is 1.59. The van der Waals surface area contributed by atoms with Crippen molar-refractivity contribution in [1.82, 2.24) is 25.5 Å². The molecule has 0 fully saturated rings. The number of hydrogen-bond donors (Lipinski definition) is 1. The minimum absolute atomic E-state index is 0.219. The number of para-hydroxylation sites is 1. The predicted octanol–water partition coefficient (Wildman–Crippen LogP) is 3.93. The molecule has 0 amide bonds. The van der Waals surface area contributed by atoms with Gasteiger partial charge >= 0.3 is 6.01 Å². The average molecular weight is 419 g/mol. The zero-order chi connectivity index (χ0) is 21.5. The number of benzene rings is 3. The number of rotatable bonds is 9. The van der Waals surface area contributed by atoms with Crippen LogP contribution < -0.4 is 14.8 Å². The minimum Gasteiger partial charge on any atom is -0.493 e. The molecule has 3 aromatic carbocycles. The Bertz CT molecular complexity index is 1120. The van der Waals surface area contributed by atoms with Crippen LogP contribution in [0.25, 0.3) is 5.69 Å². The van der Waals surface area contributed by atoms with Gasteiger partial charge in [-0.2, -0.15) is 4.68 Å². The highest BCUT2D eigenvalue weighted by Crippen LogP contribution is 2.32. The number of hydrogen-bond acceptors (Lipinski definition) is 6. The molecule has 0 atom stereocenters. The maximum absolute atomic E-state index is 13.0. The number of nitrogens with one attached hydrogen (secondary N) is 1. The van der Waals surface area contributed by atoms with Crippen LogP contribution in [0.4, 0.5) is 4.39 Å². The molecule has 158 valence electrons. The number of tetrazole rings is 1. The lowest BCUT2D eigenvalue weighted by molar-refractivity contribution is 0.362. The van der Waals surface area contributed by atoms with Crippen LogP contribution in [0.15, 0.2) is 72.8 Å². The predicted molar refractivity (Wildman–Crippen MR) is 114 cm³/mol. The van der Waals surface area contributed by atoms with E-state index in [0.717, 1.165) is 29.8 Å². The summed E-state index contributed by atoms with van der Waals surface area (Å²) in [5.74, 6) is 0.883. The van der Waals surface area contributed by atoms with Crippen LogP contribution in [0.2, 0.25) is 0 Å². The van der Waals surface area contributed by atoms with Gasteiger partial charge in [0.05, 0.1) is 12.8 Å². The van der Waals surface area contributed by atoms with Crippen molar-refractivity contribution in [2.45, 2.75) is 13.0 Å². The molecule has 7 nitrogen and oxygen atoms in total. The van der Waals surface area contributed by atoms with E-state index in [2.05, 4.69) is 20.8 Å². The van der Waals surface area contributed by atoms with Gasteiger partial charge in [0, 0.05) is 6.54 Å². The van der Waals surface area contributed by atoms with Crippen molar-refractivity contribution in [3.8, 4) is 23.2 Å². The highest BCUT2D eigenvalue weighted by atomic mass is 19.1. The second-order valence-corrected chi connectivity index (χ2v) is 6.85. The van der Waals surface area contributed by atoms with Crippen molar-refractivity contribution in [3.05, 3.63) is 89.7 Å². The van der Waals surface area contributed by atoms with E-state index >= 15 is 0 Å². The number of ether oxygens (including phenoxy) is 2. The fraction of sp³-hybridized carbons (Fsp3) is 0.174. The van der Waals surface area contributed by atoms with Crippen LogP contribution >= 0.6 is 0 Å². The van der Waals surface area contributed by atoms with Crippen molar-refractivity contribution < 1.29 is 13.9 Å². The first kappa shape index (κ1) is 20.5. The maximum Gasteiger partial charge on any atom is 0.346 e. The molecule has 0 unspecified atom stereocenters. The first-order valence-corrected chi connectivity index (χ1v) is 9.86. The van der Waals surface area contributed by atoms with E-state index in [9.17, 15) is 4.39 Å². The lowest BCUT2D eigenvalue weighted by atomic mass is 10.1. The van der Waals surface area contributed by atoms with Gasteiger partial charge in [0.1, 0.15) is 5.82 Å². The molecule has 4 aromatic rings. The monoisotopic (exact) mass is 419 g/mol. The van der Waals surface area contributed by atoms with E-state index < -0.39 is 0 Å². The molecule has 0 spiro atoms. The van der Waals surface area contributed by atoms with Gasteiger partial charge in [0.25, 0.3) is 0 Å². The summed E-state index contributed by atoms with van der Waals surface area (Å²) in [5, 5.41) is 15.1. The third kappa shape index (κ3) is 5.23. The number of nitrogens with zero attached hydrogens (tertiary/aromatic N) is 4. The molecular weight excluding hydrogens is 397 g/mol. The molecule has 0 saturated heterocycles. The summed E-state index contributed by atoms with van der Waals surface area (Å²) in [4.78, 5) is 0. The molecule has 0 bridgehead atoms. The fourth-order valence-corrected chi connectivity index (χ4v) is 3.09. The van der Waals surface area contributed by atoms with Gasteiger partial charge in [-0.1, -0.05) is 41.5 Å². The lowest BCUT2D eigenvalue weighted by Crippen LogP contribution is -2.16. The molecule has 8 heteroatoms. The van der Waals surface area contributed by atoms with Gasteiger partial charge in [-0.05, 0) is 70.9 Å². The van der Waals surface area contributed by atoms with Gasteiger partial charge in [0.15, 0.2) is 11.5 Å². The van der Waals surface area contributed by atoms with Crippen LogP contribution in [-0.4, -0.2) is 33.9 Å². The Labute approximate surface area is 179 Å². The summed E-state index contributed by atoms with van der Waals surface area (Å²) < 4.78 is 25.9. The largest absolute Gasteiger partial charge is 0.493 e. The molecule has 0 aliphatic rings. The quantitative estimate of drug-likeness (QED) is 0.415. The highest BCUT2D eigenvalue weighted by Gasteiger charge is 2.14. The number of halogens is 1. The van der Waals surface area contributed by atoms with Crippen molar-refractivity contribution in [3.63, 3.8) is 0 Å². The third-order valence-electron chi connectivity index (χ3n) is 4.70. The molecule has 1 heterocycles. The smallest absolute Gasteiger partial charge is 0.346 e. The summed E-state index contributed by atoms with van der Waals surface area (Å²) in [6.07, 6.45) is 0.820. The Morgan fingerprint density at radius 2 is 1.71 bits per heavy atom. The van der Waals surface area contributed by atoms with Crippen molar-refractivity contribution >= 4 is 0 Å². The maximum atomic E-state index is 13.0. The number of methoxy groups -OCH3 is 1. The van der Waals surface area contributed by atoms with Crippen LogP contribution in [-0.2, 0) is 13.0 Å². The molecule has 0 radical (unpaired) electrons. The van der Waals surface area contributed by atoms with Crippen LogP contribution in [0.1, 0.15) is 11.1 Å². The Kier molecular flexibility index (Phi) is 6.49. The molecule has 0 saturated carbocycles. The van der Waals surface area contributed by atoms with Gasteiger partial charge in [-0.25, -0.2) is 4.39 Å². The Balaban J connectivity index is 1.38. The fourth-order valence-electron chi connectivity index (χ4n) is 3.09. The average Bonchev–Trinajstić information content (AvgIpc) is 3.27. The standard InChI is InChI=1S/C23H22FN5O2/c1-30-22-15-18(16-25-14-13-17-7-10-19(24)11-8-17)9-12-21(22)31-23-26-27-28-29(23)20-5-3-2-4-6-20/h2-12,15,25H,13-14,16H2,1H3. The van der Waals surface area contributed by atoms with Gasteiger partial charge in [-0.15, -0.1) is 0 Å². The summed E-state index contributed by atoms with van der Waals surface area (Å²) in [6, 6.07) is 22.0. The minimum atomic E-state index is -0.219. The molecule has 1 N–H and O–H groups in total. The van der Waals surface area contributed by atoms with Crippen molar-refractivity contribution in [2.24, 2.45) is 0 Å². The normalized spacial score (nSPS) is 10.8. The molecule has 0 aliphatic carbocycles. The summed E-state index contributed by atoms with van der Waals surface area (Å²) in [5.41, 5.74) is 2.93. The van der Waals surface area contributed by atoms with E-state index in [-0.39, 0.29) is 11.8 Å². The van der Waals surface area contributed by atoms with Crippen molar-refractivity contribution in [1.29, 1.82) is 0 Å². The van der Waals surface area contributed by atoms with Gasteiger partial charge in [0.2, 0.25) is 0 Å². The Morgan fingerprint density at radius 3 is 2.48 bits per heavy atom.